The second kappa shape index (κ2) is 28.4. The van der Waals surface area contributed by atoms with Gasteiger partial charge in [-0.05, 0) is 160 Å². The highest BCUT2D eigenvalue weighted by Crippen LogP contribution is 2.65. The number of nitriles is 1. The Morgan fingerprint density at radius 3 is 1.14 bits per heavy atom. The molecule has 114 heavy (non-hydrogen) atoms. The Balaban J connectivity index is 0.000000122. The van der Waals surface area contributed by atoms with Crippen LogP contribution in [0.1, 0.15) is 77.8 Å². The average Bonchev–Trinajstić information content (AvgIpc) is 1.51. The third-order valence-electron chi connectivity index (χ3n) is 22.7. The molecule has 1 fully saturated rings. The van der Waals surface area contributed by atoms with Gasteiger partial charge in [-0.1, -0.05) is 291 Å². The fourth-order valence-electron chi connectivity index (χ4n) is 16.9. The quantitative estimate of drug-likeness (QED) is 0.106. The number of halogens is 1. The molecule has 16 aromatic rings. The molecule has 542 valence electrons. The molecule has 12 nitrogen and oxygen atoms in total. The lowest BCUT2D eigenvalue weighted by Gasteiger charge is -2.39. The van der Waals surface area contributed by atoms with Crippen LogP contribution in [0, 0.1) is 17.9 Å². The van der Waals surface area contributed by atoms with E-state index >= 15 is 0 Å². The Bertz CT molecular complexity index is 6470. The monoisotopic (exact) mass is 1490 g/mol. The summed E-state index contributed by atoms with van der Waals surface area (Å²) in [5, 5.41) is 9.11. The fourth-order valence-corrected chi connectivity index (χ4v) is 17.0. The van der Waals surface area contributed by atoms with Crippen LogP contribution in [0.25, 0.3) is 106 Å². The van der Waals surface area contributed by atoms with Crippen LogP contribution in [0.5, 0.6) is 23.0 Å². The lowest BCUT2D eigenvalue weighted by Crippen LogP contribution is -2.41. The third-order valence-corrected chi connectivity index (χ3v) is 22.9. The van der Waals surface area contributed by atoms with E-state index in [0.29, 0.717) is 40.4 Å². The van der Waals surface area contributed by atoms with Crippen molar-refractivity contribution < 1.29 is 18.8 Å². The summed E-state index contributed by atoms with van der Waals surface area (Å²) < 4.78 is 26.1. The number of hydrogen-bond acceptors (Lipinski definition) is 11. The number of para-hydroxylation sites is 4. The topological polar surface area (TPSA) is 142 Å². The van der Waals surface area contributed by atoms with Gasteiger partial charge >= 0.3 is 7.12 Å². The average molecular weight is 1490 g/mol. The Kier molecular flexibility index (Phi) is 17.5. The minimum absolute atomic E-state index is 0.155. The molecule has 0 bridgehead atoms. The molecular formula is C100H68BClN8O4. The van der Waals surface area contributed by atoms with Gasteiger partial charge in [0.15, 0.2) is 34.8 Å². The summed E-state index contributed by atoms with van der Waals surface area (Å²) in [5.74, 6) is 6.35. The Labute approximate surface area is 666 Å². The van der Waals surface area contributed by atoms with Crippen LogP contribution in [-0.2, 0) is 20.1 Å². The number of aromatic nitrogens is 6. The first-order chi connectivity index (χ1) is 55.8. The number of benzene rings is 14. The first-order valence-electron chi connectivity index (χ1n) is 37.8. The summed E-state index contributed by atoms with van der Waals surface area (Å²) in [6.07, 6.45) is 0. The van der Waals surface area contributed by atoms with Gasteiger partial charge in [0.25, 0.3) is 0 Å². The van der Waals surface area contributed by atoms with Gasteiger partial charge in [-0.15, -0.1) is 0 Å². The molecule has 1 saturated heterocycles. The van der Waals surface area contributed by atoms with Crippen molar-refractivity contribution >= 4 is 29.9 Å². The van der Waals surface area contributed by atoms with Crippen molar-refractivity contribution in [1.82, 2.24) is 29.9 Å². The fraction of sp³-hybridized carbons (Fsp3) is 0.0800. The minimum atomic E-state index is -0.595. The molecule has 14 heteroatoms. The van der Waals surface area contributed by atoms with E-state index in [4.69, 9.17) is 57.2 Å². The molecule has 0 atom stereocenters. The van der Waals surface area contributed by atoms with E-state index in [0.717, 1.165) is 112 Å². The predicted octanol–water partition coefficient (Wildman–Crippen LogP) is 23.4. The van der Waals surface area contributed by atoms with Gasteiger partial charge < -0.3 is 18.8 Å². The maximum atomic E-state index is 8.95. The minimum Gasteiger partial charge on any atom is -0.457 e. The van der Waals surface area contributed by atoms with Gasteiger partial charge in [0.05, 0.1) is 40.2 Å². The molecule has 5 aliphatic rings. The van der Waals surface area contributed by atoms with Gasteiger partial charge in [-0.2, -0.15) is 15.2 Å². The highest BCUT2D eigenvalue weighted by Gasteiger charge is 2.57. The molecular weight excluding hydrogens is 1420 g/mol. The van der Waals surface area contributed by atoms with Crippen molar-refractivity contribution in [2.24, 2.45) is 0 Å². The van der Waals surface area contributed by atoms with Gasteiger partial charge in [0.2, 0.25) is 5.28 Å². The van der Waals surface area contributed by atoms with E-state index < -0.39 is 29.2 Å². The second-order valence-electron chi connectivity index (χ2n) is 29.7. The smallest absolute Gasteiger partial charge is 0.457 e. The number of nitrogens with zero attached hydrogens (tertiary/aromatic N) is 8. The van der Waals surface area contributed by atoms with Gasteiger partial charge in [-0.3, -0.25) is 0 Å². The second-order valence-corrected chi connectivity index (χ2v) is 30.0. The maximum Gasteiger partial charge on any atom is 0.495 e. The summed E-state index contributed by atoms with van der Waals surface area (Å²) in [5.41, 5.74) is 23.1. The van der Waals surface area contributed by atoms with Crippen LogP contribution in [0.2, 0.25) is 5.28 Å². The molecule has 14 aromatic carbocycles. The van der Waals surface area contributed by atoms with Crippen LogP contribution in [0.3, 0.4) is 0 Å². The van der Waals surface area contributed by atoms with Gasteiger partial charge in [0.1, 0.15) is 23.0 Å². The molecule has 0 radical (unpaired) electrons. The summed E-state index contributed by atoms with van der Waals surface area (Å²) in [7, 11) is -0.441. The largest absolute Gasteiger partial charge is 0.495 e. The number of ether oxygens (including phenoxy) is 2. The first kappa shape index (κ1) is 70.3. The zero-order chi connectivity index (χ0) is 77.3. The van der Waals surface area contributed by atoms with E-state index in [1.54, 1.807) is 12.1 Å². The summed E-state index contributed by atoms with van der Waals surface area (Å²) in [6.45, 7) is 15.8. The van der Waals surface area contributed by atoms with Gasteiger partial charge in [0, 0.05) is 50.1 Å². The summed E-state index contributed by atoms with van der Waals surface area (Å²) >= 11 is 6.15. The van der Waals surface area contributed by atoms with Crippen molar-refractivity contribution in [3.05, 3.63) is 406 Å². The molecule has 3 aliphatic heterocycles. The molecule has 21 rings (SSSR count). The molecule has 0 N–H and O–H groups in total. The number of fused-ring (bicyclic) bond motifs is 18. The maximum absolute atomic E-state index is 8.95. The van der Waals surface area contributed by atoms with Crippen LogP contribution in [0.15, 0.2) is 340 Å². The van der Waals surface area contributed by atoms with E-state index in [-0.39, 0.29) is 5.28 Å². The van der Waals surface area contributed by atoms with Crippen molar-refractivity contribution in [3.8, 4) is 131 Å². The Hall–Kier alpha value is -14.0. The normalized spacial score (nSPS) is 14.3. The zero-order valence-electron chi connectivity index (χ0n) is 62.5. The molecule has 2 spiro atoms. The third kappa shape index (κ3) is 11.8. The molecule has 0 saturated carbocycles. The zero-order valence-corrected chi connectivity index (χ0v) is 63.3. The SMILES string of the molecule is CC1(C)OB(c2cccc3c2-c2ccccc2C32c3ccccc3Oc3ccccc32)OC1(C)C.N#Cc1ccc(-c2cccc(-c3nc(Cl)nc(-c4ccccc4)n3)c2)cc1.[C-]#[N+]c1ccc(-c2cccc(-c3nc(-c4ccccc4)nc(-c4cccc5c4-c4ccccc4C54c5ccccc5Oc5ccccc54)n3)c2)cc1. The van der Waals surface area contributed by atoms with E-state index in [1.165, 1.54) is 33.4 Å². The lowest BCUT2D eigenvalue weighted by atomic mass is 9.65. The Morgan fingerprint density at radius 2 is 0.667 bits per heavy atom. The van der Waals surface area contributed by atoms with Crippen LogP contribution in [-0.4, -0.2) is 48.2 Å². The number of rotatable bonds is 8. The summed E-state index contributed by atoms with van der Waals surface area (Å²) in [4.78, 5) is 32.2. The van der Waals surface area contributed by atoms with Crippen molar-refractivity contribution in [2.45, 2.75) is 49.7 Å². The van der Waals surface area contributed by atoms with Crippen LogP contribution in [0.4, 0.5) is 5.69 Å². The molecule has 2 aromatic heterocycles. The van der Waals surface area contributed by atoms with Crippen LogP contribution < -0.4 is 14.9 Å². The molecule has 0 unspecified atom stereocenters. The van der Waals surface area contributed by atoms with Crippen molar-refractivity contribution in [2.75, 3.05) is 0 Å². The number of hydrogen-bond donors (Lipinski definition) is 0. The molecule has 5 heterocycles. The van der Waals surface area contributed by atoms with Crippen molar-refractivity contribution in [1.29, 1.82) is 5.26 Å². The highest BCUT2D eigenvalue weighted by atomic mass is 35.5. The Morgan fingerprint density at radius 1 is 0.325 bits per heavy atom. The van der Waals surface area contributed by atoms with E-state index in [2.05, 4.69) is 223 Å². The van der Waals surface area contributed by atoms with Crippen LogP contribution >= 0.6 is 11.6 Å². The lowest BCUT2D eigenvalue weighted by molar-refractivity contribution is 0.00578. The summed E-state index contributed by atoms with van der Waals surface area (Å²) in [6, 6.07) is 117. The van der Waals surface area contributed by atoms with Crippen molar-refractivity contribution in [3.63, 3.8) is 0 Å². The highest BCUT2D eigenvalue weighted by molar-refractivity contribution is 6.64. The van der Waals surface area contributed by atoms with E-state index in [9.17, 15) is 0 Å². The standard InChI is InChI=1S/C47H28N4O.C31H27BO3.C22H13ClN4/c1-48-34-27-25-30(26-28-34)32-15-11-16-33(29-32)45-49-44(31-13-3-2-4-14-31)50-46(51-45)36-18-12-22-40-43(36)35-17-5-6-19-37(35)47(40)38-20-7-9-23-41(38)52-42-24-10-8-21-39(42)47;1-29(2)30(3,4)35-32(34-29)25-17-11-16-24-28(25)20-12-5-6-13-21(20)31(24)22-14-7-9-18-26(22)33-27-19-10-8-15-23(27)31;23-22-26-20(17-5-2-1-3-6-17)25-21(27-22)19-8-4-7-18(13-19)16-11-9-15(14-24)10-12-16/h2-29H;5-19H,1-4H3;1-13H. The van der Waals surface area contributed by atoms with Gasteiger partial charge in [-0.25, -0.2) is 24.8 Å². The van der Waals surface area contributed by atoms with E-state index in [1.807, 2.05) is 158 Å². The first-order valence-corrected chi connectivity index (χ1v) is 38.2. The predicted molar refractivity (Wildman–Crippen MR) is 451 cm³/mol. The molecule has 0 amide bonds. The molecule has 2 aliphatic carbocycles.